The molecular formula is C21H38N2O3. The van der Waals surface area contributed by atoms with Crippen LogP contribution >= 0.6 is 0 Å². The van der Waals surface area contributed by atoms with Gasteiger partial charge >= 0.3 is 0 Å². The fraction of sp³-hybridized carbons (Fsp3) is 1.00. The molecule has 4 fully saturated rings. The zero-order valence-electron chi connectivity index (χ0n) is 17.0. The van der Waals surface area contributed by atoms with Crippen molar-refractivity contribution >= 4 is 0 Å². The summed E-state index contributed by atoms with van der Waals surface area (Å²) in [4.78, 5) is 16.6. The van der Waals surface area contributed by atoms with Crippen LogP contribution in [0.1, 0.15) is 97.8 Å². The molecule has 3 atom stereocenters. The van der Waals surface area contributed by atoms with Crippen molar-refractivity contribution in [3.63, 3.8) is 0 Å². The van der Waals surface area contributed by atoms with Gasteiger partial charge in [-0.15, -0.1) is 10.1 Å². The third-order valence-electron chi connectivity index (χ3n) is 7.93. The maximum atomic E-state index is 11.2. The first kappa shape index (κ1) is 19.9. The van der Waals surface area contributed by atoms with Gasteiger partial charge in [0.15, 0.2) is 0 Å². The minimum atomic E-state index is -0.540. The second kappa shape index (κ2) is 6.96. The first-order chi connectivity index (χ1) is 12.3. The molecule has 3 unspecified atom stereocenters. The van der Waals surface area contributed by atoms with E-state index in [1.165, 1.54) is 44.9 Å². The second-order valence-electron chi connectivity index (χ2n) is 10.2. The Morgan fingerprint density at radius 1 is 0.923 bits per heavy atom. The molecular weight excluding hydrogens is 328 g/mol. The Labute approximate surface area is 158 Å². The molecule has 0 aromatic heterocycles. The van der Waals surface area contributed by atoms with Crippen molar-refractivity contribution in [3.05, 3.63) is 10.1 Å². The van der Waals surface area contributed by atoms with E-state index in [1.54, 1.807) is 0 Å². The summed E-state index contributed by atoms with van der Waals surface area (Å²) in [5.74, 6) is 0. The highest BCUT2D eigenvalue weighted by atomic mass is 17.0. The Hall–Kier alpha value is -0.840. The van der Waals surface area contributed by atoms with E-state index in [0.717, 1.165) is 38.6 Å². The van der Waals surface area contributed by atoms with E-state index in [-0.39, 0.29) is 16.9 Å². The number of nitrogens with zero attached hydrogens (tertiary/aromatic N) is 1. The van der Waals surface area contributed by atoms with Crippen LogP contribution in [0, 0.1) is 31.8 Å². The van der Waals surface area contributed by atoms with Crippen LogP contribution < -0.4 is 5.73 Å². The van der Waals surface area contributed by atoms with Gasteiger partial charge in [-0.05, 0) is 92.4 Å². The van der Waals surface area contributed by atoms with E-state index in [1.807, 2.05) is 0 Å². The van der Waals surface area contributed by atoms with Gasteiger partial charge in [0.1, 0.15) is 6.10 Å². The predicted octanol–water partition coefficient (Wildman–Crippen LogP) is 5.25. The summed E-state index contributed by atoms with van der Waals surface area (Å²) >= 11 is 0. The summed E-state index contributed by atoms with van der Waals surface area (Å²) in [6, 6.07) is 0. The van der Waals surface area contributed by atoms with Crippen molar-refractivity contribution in [1.82, 2.24) is 0 Å². The molecule has 0 radical (unpaired) electrons. The van der Waals surface area contributed by atoms with Crippen LogP contribution in [-0.2, 0) is 4.84 Å². The van der Waals surface area contributed by atoms with Crippen LogP contribution in [0.5, 0.6) is 0 Å². The van der Waals surface area contributed by atoms with Crippen molar-refractivity contribution in [2.75, 3.05) is 6.54 Å². The second-order valence-corrected chi connectivity index (χ2v) is 10.2. The van der Waals surface area contributed by atoms with Gasteiger partial charge < -0.3 is 10.6 Å². The first-order valence-electron chi connectivity index (χ1n) is 10.8. The highest BCUT2D eigenvalue weighted by Gasteiger charge is 2.68. The molecule has 5 heteroatoms. The molecule has 26 heavy (non-hydrogen) atoms. The lowest BCUT2D eigenvalue weighted by Gasteiger charge is -2.72. The average Bonchev–Trinajstić information content (AvgIpc) is 2.50. The summed E-state index contributed by atoms with van der Waals surface area (Å²) in [5, 5.41) is 10.7. The summed E-state index contributed by atoms with van der Waals surface area (Å²) in [7, 11) is 0. The maximum Gasteiger partial charge on any atom is 0.294 e. The van der Waals surface area contributed by atoms with Gasteiger partial charge in [-0.25, -0.2) is 0 Å². The largest absolute Gasteiger partial charge is 0.330 e. The molecule has 4 bridgehead atoms. The molecule has 0 saturated heterocycles. The summed E-state index contributed by atoms with van der Waals surface area (Å²) < 4.78 is 0. The highest BCUT2D eigenvalue weighted by Crippen LogP contribution is 2.77. The van der Waals surface area contributed by atoms with Crippen LogP contribution in [0.4, 0.5) is 0 Å². The van der Waals surface area contributed by atoms with Crippen LogP contribution in [0.3, 0.4) is 0 Å². The zero-order chi connectivity index (χ0) is 19.1. The molecule has 0 spiro atoms. The van der Waals surface area contributed by atoms with Crippen molar-refractivity contribution in [2.24, 2.45) is 27.4 Å². The number of hydrogen-bond acceptors (Lipinski definition) is 4. The highest BCUT2D eigenvalue weighted by molar-refractivity contribution is 5.18. The molecule has 0 amide bonds. The fourth-order valence-electron chi connectivity index (χ4n) is 8.60. The Morgan fingerprint density at radius 2 is 1.38 bits per heavy atom. The zero-order valence-corrected chi connectivity index (χ0v) is 17.0. The molecule has 5 nitrogen and oxygen atoms in total. The van der Waals surface area contributed by atoms with E-state index in [2.05, 4.69) is 20.8 Å². The molecule has 4 aliphatic rings. The van der Waals surface area contributed by atoms with Crippen molar-refractivity contribution < 1.29 is 9.92 Å². The summed E-state index contributed by atoms with van der Waals surface area (Å²) in [6.07, 6.45) is 13.7. The topological polar surface area (TPSA) is 78.4 Å². The van der Waals surface area contributed by atoms with E-state index in [4.69, 9.17) is 10.6 Å². The monoisotopic (exact) mass is 366 g/mol. The van der Waals surface area contributed by atoms with Crippen LogP contribution in [0.2, 0.25) is 0 Å². The molecule has 4 saturated carbocycles. The lowest BCUT2D eigenvalue weighted by molar-refractivity contribution is -0.774. The number of hydrogen-bond donors (Lipinski definition) is 1. The van der Waals surface area contributed by atoms with E-state index in [0.29, 0.717) is 10.8 Å². The van der Waals surface area contributed by atoms with Gasteiger partial charge in [0.05, 0.1) is 0 Å². The van der Waals surface area contributed by atoms with E-state index < -0.39 is 5.09 Å². The Kier molecular flexibility index (Phi) is 5.33. The van der Waals surface area contributed by atoms with Crippen molar-refractivity contribution in [3.8, 4) is 0 Å². The molecule has 0 heterocycles. The number of nitrogens with two attached hydrogens (primary N) is 1. The minimum Gasteiger partial charge on any atom is -0.330 e. The van der Waals surface area contributed by atoms with Crippen LogP contribution in [0.25, 0.3) is 0 Å². The van der Waals surface area contributed by atoms with Gasteiger partial charge in [-0.2, -0.15) is 0 Å². The van der Waals surface area contributed by atoms with Crippen molar-refractivity contribution in [1.29, 1.82) is 0 Å². The SMILES string of the molecule is CCCC12CC3(CCC)CC(CCN)(C1)CC(C(CC)O[N+](=O)[O-])(C2)C3. The van der Waals surface area contributed by atoms with Gasteiger partial charge in [0.25, 0.3) is 5.09 Å². The Balaban J connectivity index is 2.06. The Bertz CT molecular complexity index is 472. The van der Waals surface area contributed by atoms with Gasteiger partial charge in [0, 0.05) is 0 Å². The molecule has 0 aromatic carbocycles. The first-order valence-corrected chi connectivity index (χ1v) is 10.8. The third kappa shape index (κ3) is 3.25. The van der Waals surface area contributed by atoms with Gasteiger partial charge in [-0.3, -0.25) is 0 Å². The molecule has 0 aliphatic heterocycles. The minimum absolute atomic E-state index is 0.0317. The fourth-order valence-corrected chi connectivity index (χ4v) is 8.60. The van der Waals surface area contributed by atoms with Gasteiger partial charge in [0.2, 0.25) is 0 Å². The third-order valence-corrected chi connectivity index (χ3v) is 7.93. The number of rotatable bonds is 10. The Morgan fingerprint density at radius 3 is 1.73 bits per heavy atom. The van der Waals surface area contributed by atoms with Crippen LogP contribution in [0.15, 0.2) is 0 Å². The molecule has 150 valence electrons. The quantitative estimate of drug-likeness (QED) is 0.423. The van der Waals surface area contributed by atoms with E-state index >= 15 is 0 Å². The van der Waals surface area contributed by atoms with Crippen LogP contribution in [-0.4, -0.2) is 17.7 Å². The summed E-state index contributed by atoms with van der Waals surface area (Å²) in [5.41, 5.74) is 7.02. The lowest BCUT2D eigenvalue weighted by Crippen LogP contribution is -2.64. The standard InChI is InChI=1S/C21H38N2O3/c1-4-7-18-11-19(8-5-2)13-20(12-18,9-10-22)16-21(14-18,15-19)17(6-3)26-23(24)25/h17H,4-16,22H2,1-3H3. The average molecular weight is 367 g/mol. The molecule has 2 N–H and O–H groups in total. The van der Waals surface area contributed by atoms with Gasteiger partial charge in [-0.1, -0.05) is 33.6 Å². The summed E-state index contributed by atoms with van der Waals surface area (Å²) in [6.45, 7) is 7.37. The van der Waals surface area contributed by atoms with E-state index in [9.17, 15) is 10.1 Å². The molecule has 4 aliphatic carbocycles. The normalized spacial score (nSPS) is 42.0. The molecule has 0 aromatic rings. The smallest absolute Gasteiger partial charge is 0.294 e. The molecule has 4 rings (SSSR count). The van der Waals surface area contributed by atoms with Crippen molar-refractivity contribution in [2.45, 2.75) is 104 Å². The maximum absolute atomic E-state index is 11.2. The lowest BCUT2D eigenvalue weighted by atomic mass is 9.33. The predicted molar refractivity (Wildman–Crippen MR) is 103 cm³/mol.